The summed E-state index contributed by atoms with van der Waals surface area (Å²) >= 11 is 0. The predicted octanol–water partition coefficient (Wildman–Crippen LogP) is 16.2. The molecule has 62 heavy (non-hydrogen) atoms. The molecule has 2 heteroatoms. The Morgan fingerprint density at radius 3 is 0.903 bits per heavy atom. The van der Waals surface area contributed by atoms with Crippen molar-refractivity contribution in [3.05, 3.63) is 243 Å². The summed E-state index contributed by atoms with van der Waals surface area (Å²) in [6.45, 7) is 0. The Hall–Kier alpha value is -8.20. The van der Waals surface area contributed by atoms with Gasteiger partial charge in [-0.15, -0.1) is 0 Å². The standard InChI is InChI=1S/C60H40N2/c1-5-15-41(16-6-1)48-35-49(42-17-7-2-8-18-42)37-50(36-48)44-27-25-43(26-28-44)45-29-32-59-55(38-45)56-40-47(31-34-60(56)62(59)52-21-11-4-12-22-52)46-30-33-58-54(39-46)53-23-13-14-24-57(53)61(58)51-19-9-3-10-20-51/h1-40H. The van der Waals surface area contributed by atoms with Crippen molar-refractivity contribution >= 4 is 43.6 Å². The lowest BCUT2D eigenvalue weighted by atomic mass is 9.92. The molecule has 0 spiro atoms. The molecule has 0 bridgehead atoms. The monoisotopic (exact) mass is 788 g/mol. The van der Waals surface area contributed by atoms with Gasteiger partial charge in [-0.3, -0.25) is 0 Å². The Labute approximate surface area is 360 Å². The van der Waals surface area contributed by atoms with Crippen molar-refractivity contribution < 1.29 is 0 Å². The number of rotatable bonds is 7. The van der Waals surface area contributed by atoms with Crippen LogP contribution in [0.1, 0.15) is 0 Å². The maximum Gasteiger partial charge on any atom is 0.0541 e. The zero-order chi connectivity index (χ0) is 41.0. The quantitative estimate of drug-likeness (QED) is 0.152. The van der Waals surface area contributed by atoms with Gasteiger partial charge in [0.25, 0.3) is 0 Å². The fourth-order valence-electron chi connectivity index (χ4n) is 9.49. The molecular weight excluding hydrogens is 749 g/mol. The van der Waals surface area contributed by atoms with Crippen molar-refractivity contribution in [3.8, 4) is 67.0 Å². The van der Waals surface area contributed by atoms with Crippen LogP contribution in [0.15, 0.2) is 243 Å². The molecule has 0 amide bonds. The Bertz CT molecular complexity index is 3520. The van der Waals surface area contributed by atoms with Crippen LogP contribution < -0.4 is 0 Å². The number of aromatic nitrogens is 2. The molecule has 0 N–H and O–H groups in total. The molecule has 0 atom stereocenters. The van der Waals surface area contributed by atoms with Crippen LogP contribution in [-0.4, -0.2) is 9.13 Å². The van der Waals surface area contributed by atoms with Gasteiger partial charge in [0, 0.05) is 32.9 Å². The highest BCUT2D eigenvalue weighted by atomic mass is 15.0. The first-order valence-electron chi connectivity index (χ1n) is 21.3. The molecule has 12 rings (SSSR count). The van der Waals surface area contributed by atoms with Gasteiger partial charge in [-0.1, -0.05) is 158 Å². The van der Waals surface area contributed by atoms with E-state index in [-0.39, 0.29) is 0 Å². The summed E-state index contributed by atoms with van der Waals surface area (Å²) in [6, 6.07) is 88.4. The van der Waals surface area contributed by atoms with Gasteiger partial charge in [0.2, 0.25) is 0 Å². The van der Waals surface area contributed by atoms with Crippen LogP contribution in [0.4, 0.5) is 0 Å². The van der Waals surface area contributed by atoms with Crippen molar-refractivity contribution in [2.24, 2.45) is 0 Å². The fraction of sp³-hybridized carbons (Fsp3) is 0. The number of para-hydroxylation sites is 3. The summed E-state index contributed by atoms with van der Waals surface area (Å²) < 4.78 is 4.78. The highest BCUT2D eigenvalue weighted by molar-refractivity contribution is 6.13. The minimum Gasteiger partial charge on any atom is -0.309 e. The molecular formula is C60H40N2. The van der Waals surface area contributed by atoms with Crippen LogP contribution >= 0.6 is 0 Å². The first-order valence-corrected chi connectivity index (χ1v) is 21.3. The van der Waals surface area contributed by atoms with Gasteiger partial charge < -0.3 is 9.13 Å². The van der Waals surface area contributed by atoms with E-state index in [1.54, 1.807) is 0 Å². The molecule has 12 aromatic rings. The van der Waals surface area contributed by atoms with Crippen molar-refractivity contribution in [1.82, 2.24) is 9.13 Å². The lowest BCUT2D eigenvalue weighted by Crippen LogP contribution is -1.93. The third-order valence-electron chi connectivity index (χ3n) is 12.5. The van der Waals surface area contributed by atoms with Crippen molar-refractivity contribution in [2.45, 2.75) is 0 Å². The molecule has 0 saturated carbocycles. The van der Waals surface area contributed by atoms with E-state index in [1.807, 2.05) is 0 Å². The van der Waals surface area contributed by atoms with Gasteiger partial charge >= 0.3 is 0 Å². The van der Waals surface area contributed by atoms with Crippen LogP contribution in [0.2, 0.25) is 0 Å². The van der Waals surface area contributed by atoms with Gasteiger partial charge in [0.15, 0.2) is 0 Å². The van der Waals surface area contributed by atoms with Crippen LogP contribution in [0.3, 0.4) is 0 Å². The number of hydrogen-bond acceptors (Lipinski definition) is 0. The molecule has 2 aromatic heterocycles. The number of hydrogen-bond donors (Lipinski definition) is 0. The summed E-state index contributed by atoms with van der Waals surface area (Å²) in [4.78, 5) is 0. The minimum atomic E-state index is 1.15. The Morgan fingerprint density at radius 2 is 0.468 bits per heavy atom. The van der Waals surface area contributed by atoms with Crippen molar-refractivity contribution in [2.75, 3.05) is 0 Å². The van der Waals surface area contributed by atoms with Gasteiger partial charge in [0.1, 0.15) is 0 Å². The number of fused-ring (bicyclic) bond motifs is 6. The van der Waals surface area contributed by atoms with E-state index in [0.29, 0.717) is 0 Å². The first kappa shape index (κ1) is 35.7. The van der Waals surface area contributed by atoms with Crippen LogP contribution in [-0.2, 0) is 0 Å². The lowest BCUT2D eigenvalue weighted by Gasteiger charge is -2.12. The third kappa shape index (κ3) is 6.12. The Morgan fingerprint density at radius 1 is 0.177 bits per heavy atom. The second-order valence-corrected chi connectivity index (χ2v) is 16.2. The van der Waals surface area contributed by atoms with Gasteiger partial charge in [-0.25, -0.2) is 0 Å². The lowest BCUT2D eigenvalue weighted by molar-refractivity contribution is 1.18. The van der Waals surface area contributed by atoms with E-state index in [0.717, 1.165) is 5.69 Å². The fourth-order valence-corrected chi connectivity index (χ4v) is 9.49. The maximum atomic E-state index is 2.40. The second-order valence-electron chi connectivity index (χ2n) is 16.2. The second kappa shape index (κ2) is 14.8. The van der Waals surface area contributed by atoms with Gasteiger partial charge in [0.05, 0.1) is 22.1 Å². The summed E-state index contributed by atoms with van der Waals surface area (Å²) in [5, 5.41) is 4.98. The first-order chi connectivity index (χ1) is 30.7. The van der Waals surface area contributed by atoms with E-state index in [1.165, 1.54) is 105 Å². The third-order valence-corrected chi connectivity index (χ3v) is 12.5. The molecule has 0 aliphatic carbocycles. The van der Waals surface area contributed by atoms with E-state index in [4.69, 9.17) is 0 Å². The molecule has 0 fully saturated rings. The van der Waals surface area contributed by atoms with Crippen molar-refractivity contribution in [3.63, 3.8) is 0 Å². The smallest absolute Gasteiger partial charge is 0.0541 e. The molecule has 0 unspecified atom stereocenters. The Kier molecular flexibility index (Phi) is 8.53. The topological polar surface area (TPSA) is 9.86 Å². The van der Waals surface area contributed by atoms with Gasteiger partial charge in [-0.2, -0.15) is 0 Å². The zero-order valence-corrected chi connectivity index (χ0v) is 34.0. The van der Waals surface area contributed by atoms with Crippen LogP contribution in [0.25, 0.3) is 111 Å². The van der Waals surface area contributed by atoms with Crippen LogP contribution in [0.5, 0.6) is 0 Å². The summed E-state index contributed by atoms with van der Waals surface area (Å²) in [7, 11) is 0. The molecule has 0 saturated heterocycles. The average Bonchev–Trinajstić information content (AvgIpc) is 3.87. The van der Waals surface area contributed by atoms with E-state index >= 15 is 0 Å². The molecule has 0 aliphatic rings. The molecule has 10 aromatic carbocycles. The highest BCUT2D eigenvalue weighted by Gasteiger charge is 2.17. The molecule has 2 nitrogen and oxygen atoms in total. The highest BCUT2D eigenvalue weighted by Crippen LogP contribution is 2.40. The largest absolute Gasteiger partial charge is 0.309 e. The summed E-state index contributed by atoms with van der Waals surface area (Å²) in [6.07, 6.45) is 0. The van der Waals surface area contributed by atoms with Gasteiger partial charge in [-0.05, 0) is 141 Å². The summed E-state index contributed by atoms with van der Waals surface area (Å²) in [5.74, 6) is 0. The average molecular weight is 789 g/mol. The summed E-state index contributed by atoms with van der Waals surface area (Å²) in [5.41, 5.74) is 19.2. The molecule has 0 aliphatic heterocycles. The SMILES string of the molecule is c1ccc(-c2cc(-c3ccccc3)cc(-c3ccc(-c4ccc5c(c4)c4cc(-c6ccc7c(c6)c6ccccc6n7-c6ccccc6)ccc4n5-c4ccccc4)cc3)c2)cc1. The van der Waals surface area contributed by atoms with E-state index in [2.05, 4.69) is 252 Å². The Balaban J connectivity index is 0.972. The zero-order valence-electron chi connectivity index (χ0n) is 34.0. The molecule has 290 valence electrons. The minimum absolute atomic E-state index is 1.15. The predicted molar refractivity (Wildman–Crippen MR) is 262 cm³/mol. The van der Waals surface area contributed by atoms with Crippen LogP contribution in [0, 0.1) is 0 Å². The number of nitrogens with zero attached hydrogens (tertiary/aromatic N) is 2. The van der Waals surface area contributed by atoms with E-state index < -0.39 is 0 Å². The maximum absolute atomic E-state index is 2.40. The van der Waals surface area contributed by atoms with E-state index in [9.17, 15) is 0 Å². The normalized spacial score (nSPS) is 11.5. The van der Waals surface area contributed by atoms with Crippen molar-refractivity contribution in [1.29, 1.82) is 0 Å². The molecule has 0 radical (unpaired) electrons. The number of benzene rings is 10. The molecule has 2 heterocycles.